The van der Waals surface area contributed by atoms with Crippen LogP contribution in [0.4, 0.5) is 0 Å². The van der Waals surface area contributed by atoms with Crippen molar-refractivity contribution < 1.29 is 4.74 Å². The lowest BCUT2D eigenvalue weighted by Crippen LogP contribution is -1.96. The summed E-state index contributed by atoms with van der Waals surface area (Å²) in [7, 11) is 1.66. The fourth-order valence-corrected chi connectivity index (χ4v) is 1.98. The van der Waals surface area contributed by atoms with Gasteiger partial charge in [-0.3, -0.25) is 4.98 Å². The quantitative estimate of drug-likeness (QED) is 0.800. The van der Waals surface area contributed by atoms with Gasteiger partial charge in [0.15, 0.2) is 5.65 Å². The van der Waals surface area contributed by atoms with Crippen LogP contribution in [0.2, 0.25) is 0 Å². The molecule has 0 aliphatic carbocycles. The second-order valence-corrected chi connectivity index (χ2v) is 4.25. The zero-order valence-electron chi connectivity index (χ0n) is 11.4. The molecule has 0 amide bonds. The number of halogens is 2. The summed E-state index contributed by atoms with van der Waals surface area (Å²) in [6.45, 7) is 0. The van der Waals surface area contributed by atoms with Gasteiger partial charge in [0.2, 0.25) is 0 Å². The van der Waals surface area contributed by atoms with E-state index < -0.39 is 0 Å². The Balaban J connectivity index is 0.00000110. The molecular weight excluding hydrogens is 311 g/mol. The number of nitrogens with one attached hydrogen (secondary N) is 1. The summed E-state index contributed by atoms with van der Waals surface area (Å²) in [5.74, 6) is 1.76. The molecule has 112 valence electrons. The van der Waals surface area contributed by atoms with Gasteiger partial charge in [0, 0.05) is 30.6 Å². The van der Waals surface area contributed by atoms with Crippen molar-refractivity contribution in [3.05, 3.63) is 48.2 Å². The fraction of sp³-hybridized carbons (Fsp3) is 0.214. The molecule has 0 aliphatic rings. The van der Waals surface area contributed by atoms with Crippen LogP contribution in [-0.2, 0) is 12.8 Å². The number of imidazole rings is 1. The van der Waals surface area contributed by atoms with E-state index in [-0.39, 0.29) is 24.8 Å². The van der Waals surface area contributed by atoms with Gasteiger partial charge in [-0.05, 0) is 24.6 Å². The third-order valence-electron chi connectivity index (χ3n) is 2.95. The first-order valence-corrected chi connectivity index (χ1v) is 6.14. The highest BCUT2D eigenvalue weighted by Gasteiger charge is 2.04. The van der Waals surface area contributed by atoms with E-state index in [0.717, 1.165) is 41.3 Å². The zero-order chi connectivity index (χ0) is 13.1. The van der Waals surface area contributed by atoms with Crippen molar-refractivity contribution in [3.63, 3.8) is 0 Å². The average molecular weight is 327 g/mol. The van der Waals surface area contributed by atoms with Crippen LogP contribution < -0.4 is 4.74 Å². The highest BCUT2D eigenvalue weighted by molar-refractivity contribution is 5.85. The van der Waals surface area contributed by atoms with Crippen molar-refractivity contribution >= 4 is 36.0 Å². The molecule has 0 radical (unpaired) electrons. The Hall–Kier alpha value is -1.85. The molecule has 7 heteroatoms. The molecule has 0 atom stereocenters. The lowest BCUT2D eigenvalue weighted by Gasteiger charge is -2.02. The first-order chi connectivity index (χ1) is 9.35. The van der Waals surface area contributed by atoms with E-state index in [2.05, 4.69) is 19.9 Å². The van der Waals surface area contributed by atoms with E-state index in [4.69, 9.17) is 4.74 Å². The van der Waals surface area contributed by atoms with Crippen molar-refractivity contribution in [2.24, 2.45) is 0 Å². The normalized spacial score (nSPS) is 9.76. The number of aryl methyl sites for hydroxylation is 2. The second-order valence-electron chi connectivity index (χ2n) is 4.25. The van der Waals surface area contributed by atoms with Crippen molar-refractivity contribution in [3.8, 4) is 5.75 Å². The largest absolute Gasteiger partial charge is 0.497 e. The Morgan fingerprint density at radius 1 is 1.10 bits per heavy atom. The number of rotatable bonds is 4. The predicted octanol–water partition coefficient (Wildman–Crippen LogP) is 2.99. The van der Waals surface area contributed by atoms with Crippen LogP contribution in [0.25, 0.3) is 11.2 Å². The van der Waals surface area contributed by atoms with Crippen LogP contribution in [0.1, 0.15) is 11.5 Å². The molecule has 3 heterocycles. The maximum atomic E-state index is 5.18. The highest BCUT2D eigenvalue weighted by atomic mass is 35.5. The van der Waals surface area contributed by atoms with Gasteiger partial charge < -0.3 is 9.72 Å². The number of ether oxygens (including phenoxy) is 1. The fourth-order valence-electron chi connectivity index (χ4n) is 1.98. The van der Waals surface area contributed by atoms with Gasteiger partial charge in [-0.1, -0.05) is 0 Å². The number of aromatic amines is 1. The zero-order valence-corrected chi connectivity index (χ0v) is 13.1. The number of pyridine rings is 2. The summed E-state index contributed by atoms with van der Waals surface area (Å²) in [5, 5.41) is 0. The third-order valence-corrected chi connectivity index (χ3v) is 2.95. The summed E-state index contributed by atoms with van der Waals surface area (Å²) in [5.41, 5.74) is 2.72. The van der Waals surface area contributed by atoms with Gasteiger partial charge in [-0.2, -0.15) is 0 Å². The molecule has 0 aliphatic heterocycles. The van der Waals surface area contributed by atoms with Gasteiger partial charge in [-0.25, -0.2) is 9.97 Å². The molecule has 0 spiro atoms. The van der Waals surface area contributed by atoms with E-state index in [1.165, 1.54) is 0 Å². The molecule has 0 fully saturated rings. The Bertz CT molecular complexity index is 669. The van der Waals surface area contributed by atoms with E-state index in [1.807, 2.05) is 24.3 Å². The van der Waals surface area contributed by atoms with Crippen LogP contribution >= 0.6 is 24.8 Å². The van der Waals surface area contributed by atoms with E-state index in [0.29, 0.717) is 0 Å². The number of methoxy groups -OCH3 is 1. The number of fused-ring (bicyclic) bond motifs is 1. The summed E-state index contributed by atoms with van der Waals surface area (Å²) in [4.78, 5) is 16.2. The smallest absolute Gasteiger partial charge is 0.177 e. The molecule has 21 heavy (non-hydrogen) atoms. The number of hydrogen-bond donors (Lipinski definition) is 1. The molecule has 0 unspecified atom stereocenters. The van der Waals surface area contributed by atoms with Crippen molar-refractivity contribution in [1.82, 2.24) is 19.9 Å². The number of nitrogens with zero attached hydrogens (tertiary/aromatic N) is 3. The summed E-state index contributed by atoms with van der Waals surface area (Å²) in [6, 6.07) is 7.66. The minimum absolute atomic E-state index is 0. The average Bonchev–Trinajstić information content (AvgIpc) is 2.88. The third kappa shape index (κ3) is 4.06. The number of H-pyrrole nitrogens is 1. The van der Waals surface area contributed by atoms with Crippen LogP contribution in [0.15, 0.2) is 36.7 Å². The second kappa shape index (κ2) is 7.81. The van der Waals surface area contributed by atoms with Gasteiger partial charge in [0.1, 0.15) is 11.6 Å². The Morgan fingerprint density at radius 2 is 1.95 bits per heavy atom. The molecular formula is C14H16Cl2N4O. The first kappa shape index (κ1) is 17.2. The molecule has 0 aromatic carbocycles. The van der Waals surface area contributed by atoms with Crippen LogP contribution in [0.3, 0.4) is 0 Å². The van der Waals surface area contributed by atoms with Gasteiger partial charge >= 0.3 is 0 Å². The molecule has 0 saturated heterocycles. The minimum Gasteiger partial charge on any atom is -0.497 e. The molecule has 3 rings (SSSR count). The van der Waals surface area contributed by atoms with E-state index >= 15 is 0 Å². The van der Waals surface area contributed by atoms with Gasteiger partial charge in [0.25, 0.3) is 0 Å². The maximum Gasteiger partial charge on any atom is 0.177 e. The van der Waals surface area contributed by atoms with E-state index in [9.17, 15) is 0 Å². The van der Waals surface area contributed by atoms with Crippen LogP contribution in [0, 0.1) is 0 Å². The summed E-state index contributed by atoms with van der Waals surface area (Å²) >= 11 is 0. The van der Waals surface area contributed by atoms with Crippen molar-refractivity contribution in [2.75, 3.05) is 7.11 Å². The predicted molar refractivity (Wildman–Crippen MR) is 86.6 cm³/mol. The molecule has 0 saturated carbocycles. The Kier molecular flexibility index (Phi) is 6.39. The summed E-state index contributed by atoms with van der Waals surface area (Å²) in [6.07, 6.45) is 5.12. The highest BCUT2D eigenvalue weighted by Crippen LogP contribution is 2.13. The van der Waals surface area contributed by atoms with Crippen molar-refractivity contribution in [2.45, 2.75) is 12.8 Å². The number of aromatic nitrogens is 4. The van der Waals surface area contributed by atoms with Gasteiger partial charge in [0.05, 0.1) is 12.6 Å². The van der Waals surface area contributed by atoms with Crippen molar-refractivity contribution in [1.29, 1.82) is 0 Å². The standard InChI is InChI=1S/C14H14N4O.2ClH/c1-19-11-6-8-15-10(9-11)4-5-13-17-12-3-2-7-16-14(12)18-13;;/h2-3,6-9H,4-5H2,1H3,(H,16,17,18);2*1H. The maximum absolute atomic E-state index is 5.18. The molecule has 3 aromatic heterocycles. The first-order valence-electron chi connectivity index (χ1n) is 6.14. The van der Waals surface area contributed by atoms with Crippen LogP contribution in [0.5, 0.6) is 5.75 Å². The van der Waals surface area contributed by atoms with E-state index in [1.54, 1.807) is 19.5 Å². The molecule has 5 nitrogen and oxygen atoms in total. The Morgan fingerprint density at radius 3 is 2.71 bits per heavy atom. The van der Waals surface area contributed by atoms with Crippen LogP contribution in [-0.4, -0.2) is 27.0 Å². The Labute approximate surface area is 135 Å². The SMILES string of the molecule is COc1ccnc(CCc2nc3ncccc3[nH]2)c1.Cl.Cl. The summed E-state index contributed by atoms with van der Waals surface area (Å²) < 4.78 is 5.18. The lowest BCUT2D eigenvalue weighted by molar-refractivity contribution is 0.413. The van der Waals surface area contributed by atoms with Gasteiger partial charge in [-0.15, -0.1) is 24.8 Å². The topological polar surface area (TPSA) is 63.7 Å². The monoisotopic (exact) mass is 326 g/mol. The minimum atomic E-state index is 0. The number of hydrogen-bond acceptors (Lipinski definition) is 4. The molecule has 3 aromatic rings. The lowest BCUT2D eigenvalue weighted by atomic mass is 10.2. The molecule has 0 bridgehead atoms. The molecule has 1 N–H and O–H groups in total.